The van der Waals surface area contributed by atoms with Crippen LogP contribution in [0, 0.1) is 0 Å². The van der Waals surface area contributed by atoms with Gasteiger partial charge in [-0.2, -0.15) is 0 Å². The summed E-state index contributed by atoms with van der Waals surface area (Å²) in [5, 5.41) is 158. The number of phenols is 2. The van der Waals surface area contributed by atoms with Gasteiger partial charge >= 0.3 is 0 Å². The Labute approximate surface area is 391 Å². The standard InChI is InChI=1S/C44H58O25/c1-14(2)4-9-18-20(62-44-40(33(58)28(53)23(13-47)65-44)69-42-35(60)31(56)27(52)22(12-46)64-42)10-19(49)24-29(54)38(36(66-37(18)24)16-5-7-17(48)8-6-16)67-43-39(32(57)25(50)15(3)61-43)68-41-34(59)30(55)26(51)21(11-45)63-41/h4-8,10,15,21-23,25-28,30-35,39-53,55-60H,9,11-13H2,1-3H3. The summed E-state index contributed by atoms with van der Waals surface area (Å²) in [5.41, 5.74) is -0.652. The van der Waals surface area contributed by atoms with Crippen LogP contribution < -0.4 is 14.9 Å². The molecule has 0 aliphatic carbocycles. The monoisotopic (exact) mass is 986 g/mol. The molecule has 4 saturated heterocycles. The number of phenolic OH excluding ortho intramolecular Hbond substituents is 2. The Hall–Kier alpha value is -4.17. The van der Waals surface area contributed by atoms with E-state index in [0.717, 1.165) is 11.6 Å². The van der Waals surface area contributed by atoms with E-state index in [0.29, 0.717) is 0 Å². The lowest BCUT2D eigenvalue weighted by atomic mass is 9.97. The Kier molecular flexibility index (Phi) is 16.5. The average Bonchev–Trinajstić information content (AvgIpc) is 3.32. The van der Waals surface area contributed by atoms with Crippen LogP contribution in [-0.4, -0.2) is 219 Å². The molecule has 69 heavy (non-hydrogen) atoms. The maximum atomic E-state index is 14.9. The van der Waals surface area contributed by atoms with Crippen molar-refractivity contribution >= 4 is 11.0 Å². The van der Waals surface area contributed by atoms with Gasteiger partial charge in [-0.15, -0.1) is 0 Å². The number of ether oxygens (including phenoxy) is 8. The Morgan fingerprint density at radius 2 is 1.09 bits per heavy atom. The topological polar surface area (TPSA) is 408 Å². The fourth-order valence-electron chi connectivity index (χ4n) is 8.32. The molecule has 25 nitrogen and oxygen atoms in total. The zero-order valence-electron chi connectivity index (χ0n) is 37.1. The Morgan fingerprint density at radius 1 is 0.609 bits per heavy atom. The molecule has 0 amide bonds. The van der Waals surface area contributed by atoms with Crippen molar-refractivity contribution in [3.05, 3.63) is 57.8 Å². The summed E-state index contributed by atoms with van der Waals surface area (Å²) in [4.78, 5) is 14.9. The van der Waals surface area contributed by atoms with Gasteiger partial charge in [-0.1, -0.05) is 11.6 Å². The molecular weight excluding hydrogens is 928 g/mol. The second-order valence-electron chi connectivity index (χ2n) is 17.4. The van der Waals surface area contributed by atoms with Crippen LogP contribution in [0.15, 0.2) is 51.2 Å². The van der Waals surface area contributed by atoms with Crippen LogP contribution in [0.5, 0.6) is 23.0 Å². The molecule has 4 fully saturated rings. The maximum absolute atomic E-state index is 14.9. The first kappa shape index (κ1) is 52.6. The van der Waals surface area contributed by atoms with E-state index < -0.39 is 171 Å². The van der Waals surface area contributed by atoms with Crippen LogP contribution in [0.3, 0.4) is 0 Å². The minimum absolute atomic E-state index is 0.00828. The molecule has 4 aliphatic heterocycles. The largest absolute Gasteiger partial charge is 0.508 e. The predicted octanol–water partition coefficient (Wildman–Crippen LogP) is -4.59. The van der Waals surface area contributed by atoms with Gasteiger partial charge in [0.2, 0.25) is 23.8 Å². The molecule has 5 heterocycles. The molecule has 3 aromatic rings. The number of aliphatic hydroxyl groups is 13. The SMILES string of the molecule is CC(C)=CCc1c(OC2OC(CO)C(O)C(O)C2OC2OC(CO)C(O)C(O)C2O)cc(O)c2c(=O)c(OC3OC(C)C(O)C(O)C3OC3OC(CO)C(O)C(O)C3O)c(-c3ccc(O)cc3)oc12. The highest BCUT2D eigenvalue weighted by Gasteiger charge is 2.53. The minimum Gasteiger partial charge on any atom is -0.508 e. The van der Waals surface area contributed by atoms with E-state index in [4.69, 9.17) is 42.3 Å². The first-order valence-corrected chi connectivity index (χ1v) is 21.9. The number of rotatable bonds is 14. The van der Waals surface area contributed by atoms with Gasteiger partial charge in [-0.3, -0.25) is 4.79 Å². The number of aromatic hydroxyl groups is 2. The summed E-state index contributed by atoms with van der Waals surface area (Å²) < 4.78 is 53.2. The molecule has 20 atom stereocenters. The number of allylic oxidation sites excluding steroid dienone is 2. The fraction of sp³-hybridized carbons (Fsp3) is 0.614. The van der Waals surface area contributed by atoms with E-state index >= 15 is 0 Å². The number of fused-ring (bicyclic) bond motifs is 1. The van der Waals surface area contributed by atoms with Crippen LogP contribution in [0.25, 0.3) is 22.3 Å². The van der Waals surface area contributed by atoms with Crippen molar-refractivity contribution in [3.8, 4) is 34.3 Å². The summed E-state index contributed by atoms with van der Waals surface area (Å²) in [7, 11) is 0. The summed E-state index contributed by atoms with van der Waals surface area (Å²) in [6.07, 6.45) is -34.3. The summed E-state index contributed by atoms with van der Waals surface area (Å²) in [5.74, 6) is -2.46. The zero-order valence-corrected chi connectivity index (χ0v) is 37.1. The van der Waals surface area contributed by atoms with E-state index in [-0.39, 0.29) is 34.6 Å². The summed E-state index contributed by atoms with van der Waals surface area (Å²) in [6, 6.07) is 6.09. The molecule has 0 saturated carbocycles. The van der Waals surface area contributed by atoms with Crippen molar-refractivity contribution in [1.29, 1.82) is 0 Å². The highest BCUT2D eigenvalue weighted by atomic mass is 16.8. The molecule has 7 rings (SSSR count). The van der Waals surface area contributed by atoms with E-state index in [9.17, 15) is 81.4 Å². The van der Waals surface area contributed by atoms with Crippen LogP contribution in [0.1, 0.15) is 26.3 Å². The molecule has 2 aromatic carbocycles. The van der Waals surface area contributed by atoms with Gasteiger partial charge in [-0.05, 0) is 51.5 Å². The summed E-state index contributed by atoms with van der Waals surface area (Å²) in [6.45, 7) is 2.27. The molecule has 0 spiro atoms. The molecule has 4 aliphatic rings. The molecule has 1 aromatic heterocycles. The van der Waals surface area contributed by atoms with E-state index in [1.54, 1.807) is 19.9 Å². The van der Waals surface area contributed by atoms with Gasteiger partial charge in [0, 0.05) is 17.2 Å². The van der Waals surface area contributed by atoms with Gasteiger partial charge in [0.15, 0.2) is 30.5 Å². The Bertz CT molecular complexity index is 2300. The van der Waals surface area contributed by atoms with Crippen molar-refractivity contribution in [3.63, 3.8) is 0 Å². The second kappa shape index (κ2) is 21.7. The van der Waals surface area contributed by atoms with E-state index in [1.807, 2.05) is 0 Å². The van der Waals surface area contributed by atoms with Gasteiger partial charge in [0.25, 0.3) is 0 Å². The number of benzene rings is 2. The van der Waals surface area contributed by atoms with Crippen molar-refractivity contribution < 1.29 is 119 Å². The third-order valence-electron chi connectivity index (χ3n) is 12.4. The lowest BCUT2D eigenvalue weighted by Gasteiger charge is -2.45. The molecule has 15 N–H and O–H groups in total. The van der Waals surface area contributed by atoms with E-state index in [2.05, 4.69) is 0 Å². The highest BCUT2D eigenvalue weighted by molar-refractivity contribution is 5.91. The smallest absolute Gasteiger partial charge is 0.239 e. The third-order valence-corrected chi connectivity index (χ3v) is 12.4. The van der Waals surface area contributed by atoms with Crippen LogP contribution >= 0.6 is 0 Å². The van der Waals surface area contributed by atoms with Crippen molar-refractivity contribution in [2.75, 3.05) is 19.8 Å². The van der Waals surface area contributed by atoms with E-state index in [1.165, 1.54) is 31.2 Å². The molecular formula is C44H58O25. The Morgan fingerprint density at radius 3 is 1.59 bits per heavy atom. The Balaban J connectivity index is 1.34. The minimum atomic E-state index is -1.99. The van der Waals surface area contributed by atoms with Gasteiger partial charge in [-0.25, -0.2) is 0 Å². The zero-order chi connectivity index (χ0) is 50.3. The average molecular weight is 987 g/mol. The number of hydrogen-bond acceptors (Lipinski definition) is 25. The molecule has 0 radical (unpaired) electrons. The first-order valence-electron chi connectivity index (χ1n) is 21.9. The van der Waals surface area contributed by atoms with Crippen molar-refractivity contribution in [1.82, 2.24) is 0 Å². The van der Waals surface area contributed by atoms with Gasteiger partial charge in [0.1, 0.15) is 108 Å². The van der Waals surface area contributed by atoms with Gasteiger partial charge in [0.05, 0.1) is 25.9 Å². The molecule has 25 heteroatoms. The van der Waals surface area contributed by atoms with Crippen LogP contribution in [0.2, 0.25) is 0 Å². The van der Waals surface area contributed by atoms with Crippen LogP contribution in [-0.2, 0) is 34.8 Å². The quantitative estimate of drug-likeness (QED) is 0.0676. The summed E-state index contributed by atoms with van der Waals surface area (Å²) >= 11 is 0. The van der Waals surface area contributed by atoms with Crippen molar-refractivity contribution in [2.24, 2.45) is 0 Å². The second-order valence-corrected chi connectivity index (χ2v) is 17.4. The predicted molar refractivity (Wildman–Crippen MR) is 227 cm³/mol. The maximum Gasteiger partial charge on any atom is 0.239 e. The lowest BCUT2D eigenvalue weighted by molar-refractivity contribution is -0.357. The third kappa shape index (κ3) is 10.4. The number of hydrogen-bond donors (Lipinski definition) is 15. The van der Waals surface area contributed by atoms with Crippen LogP contribution in [0.4, 0.5) is 0 Å². The molecule has 20 unspecified atom stereocenters. The molecule has 384 valence electrons. The van der Waals surface area contributed by atoms with Crippen molar-refractivity contribution in [2.45, 2.75) is 150 Å². The first-order chi connectivity index (χ1) is 32.7. The normalized spacial score (nSPS) is 38.4. The fourth-order valence-corrected chi connectivity index (χ4v) is 8.32. The number of aliphatic hydroxyl groups excluding tert-OH is 13. The van der Waals surface area contributed by atoms with Gasteiger partial charge < -0.3 is 119 Å². The highest BCUT2D eigenvalue weighted by Crippen LogP contribution is 2.43. The molecule has 0 bridgehead atoms. The lowest BCUT2D eigenvalue weighted by Crippen LogP contribution is -2.65.